The molecule has 4 amide bonds. The molecule has 0 atom stereocenters. The van der Waals surface area contributed by atoms with E-state index in [1.54, 1.807) is 35.0 Å². The third-order valence-corrected chi connectivity index (χ3v) is 8.74. The molecule has 0 aliphatic carbocycles. The second-order valence-electron chi connectivity index (χ2n) is 14.1. The molecule has 54 heavy (non-hydrogen) atoms. The molecule has 0 spiro atoms. The SMILES string of the molecule is CCc1nn(C)cc1C(=O)Nc1nc2cc(C(N)=O)cc(OCCCN3CCN(C(=O)OC(C)(C)C)CC3)c2n1CCCNC(=O)OCc1ccccc1. The average molecular weight is 746 g/mol. The fraction of sp³-hybridized carbons (Fsp3) is 0.474. The first kappa shape index (κ1) is 39.6. The van der Waals surface area contributed by atoms with Crippen LogP contribution in [0.25, 0.3) is 11.0 Å². The lowest BCUT2D eigenvalue weighted by Gasteiger charge is -2.35. The van der Waals surface area contributed by atoms with Gasteiger partial charge in [0.25, 0.3) is 5.91 Å². The molecule has 3 heterocycles. The van der Waals surface area contributed by atoms with E-state index < -0.39 is 17.6 Å². The van der Waals surface area contributed by atoms with Crippen molar-refractivity contribution in [3.63, 3.8) is 0 Å². The Morgan fingerprint density at radius 3 is 2.41 bits per heavy atom. The Labute approximate surface area is 314 Å². The van der Waals surface area contributed by atoms with E-state index in [2.05, 4.69) is 20.6 Å². The van der Waals surface area contributed by atoms with Crippen LogP contribution in [-0.2, 0) is 36.1 Å². The fourth-order valence-electron chi connectivity index (χ4n) is 6.10. The highest BCUT2D eigenvalue weighted by atomic mass is 16.6. The number of ether oxygens (including phenoxy) is 3. The zero-order valence-corrected chi connectivity index (χ0v) is 31.7. The number of carbonyl (C=O) groups excluding carboxylic acids is 4. The number of hydrogen-bond donors (Lipinski definition) is 3. The summed E-state index contributed by atoms with van der Waals surface area (Å²) in [5.74, 6) is -0.411. The molecule has 0 bridgehead atoms. The van der Waals surface area contributed by atoms with E-state index in [4.69, 9.17) is 24.9 Å². The van der Waals surface area contributed by atoms with Crippen LogP contribution >= 0.6 is 0 Å². The number of benzene rings is 2. The number of primary amides is 1. The summed E-state index contributed by atoms with van der Waals surface area (Å²) in [6.45, 7) is 11.9. The molecule has 1 fully saturated rings. The van der Waals surface area contributed by atoms with Crippen LogP contribution in [0.15, 0.2) is 48.7 Å². The smallest absolute Gasteiger partial charge is 0.410 e. The number of rotatable bonds is 15. The number of nitrogens with two attached hydrogens (primary N) is 1. The number of piperazine rings is 1. The van der Waals surface area contributed by atoms with E-state index in [1.807, 2.05) is 62.6 Å². The van der Waals surface area contributed by atoms with Crippen LogP contribution in [0.5, 0.6) is 5.75 Å². The first-order valence-corrected chi connectivity index (χ1v) is 18.3. The summed E-state index contributed by atoms with van der Waals surface area (Å²) in [7, 11) is 1.75. The minimum Gasteiger partial charge on any atom is -0.491 e. The Kier molecular flexibility index (Phi) is 13.1. The molecule has 1 aliphatic rings. The van der Waals surface area contributed by atoms with Crippen molar-refractivity contribution in [2.45, 2.75) is 65.7 Å². The number of anilines is 1. The Morgan fingerprint density at radius 2 is 1.72 bits per heavy atom. The minimum absolute atomic E-state index is 0.147. The zero-order chi connectivity index (χ0) is 38.8. The Hall–Kier alpha value is -5.64. The molecular weight excluding hydrogens is 694 g/mol. The van der Waals surface area contributed by atoms with Gasteiger partial charge in [0.2, 0.25) is 11.9 Å². The first-order valence-electron chi connectivity index (χ1n) is 18.3. The van der Waals surface area contributed by atoms with Gasteiger partial charge in [-0.25, -0.2) is 14.6 Å². The molecule has 0 unspecified atom stereocenters. The number of aryl methyl sites for hydroxylation is 3. The summed E-state index contributed by atoms with van der Waals surface area (Å²) in [6.07, 6.45) is 2.49. The molecule has 0 radical (unpaired) electrons. The quantitative estimate of drug-likeness (QED) is 0.148. The Bertz CT molecular complexity index is 1930. The molecule has 16 heteroatoms. The summed E-state index contributed by atoms with van der Waals surface area (Å²) in [6, 6.07) is 12.6. The van der Waals surface area contributed by atoms with Gasteiger partial charge in [-0.3, -0.25) is 24.5 Å². The standard InChI is InChI=1S/C38H51N9O7/c1-6-29-28(24-44(5)43-29)34(49)42-35-41-30-22-27(33(39)48)23-31(52-21-11-15-45-17-19-46(20-18-45)37(51)54-38(2,3)4)32(30)47(35)16-10-14-40-36(50)53-25-26-12-8-7-9-13-26/h7-9,12-13,22-24H,6,10-11,14-21,25H2,1-5H3,(H2,39,48)(H,40,50)(H,41,42,49). The third kappa shape index (κ3) is 10.7. The van der Waals surface area contributed by atoms with E-state index in [0.717, 1.165) is 12.1 Å². The Morgan fingerprint density at radius 1 is 0.981 bits per heavy atom. The number of hydrogen-bond acceptors (Lipinski definition) is 10. The summed E-state index contributed by atoms with van der Waals surface area (Å²) in [5, 5.41) is 10.1. The molecule has 0 saturated carbocycles. The minimum atomic E-state index is -0.647. The van der Waals surface area contributed by atoms with Crippen molar-refractivity contribution in [2.24, 2.45) is 12.8 Å². The van der Waals surface area contributed by atoms with Gasteiger partial charge in [-0.2, -0.15) is 5.10 Å². The van der Waals surface area contributed by atoms with E-state index in [9.17, 15) is 19.2 Å². The summed E-state index contributed by atoms with van der Waals surface area (Å²) in [5.41, 5.74) is 8.29. The number of carbonyl (C=O) groups is 4. The second-order valence-corrected chi connectivity index (χ2v) is 14.1. The second kappa shape index (κ2) is 17.9. The van der Waals surface area contributed by atoms with Gasteiger partial charge in [-0.05, 0) is 57.7 Å². The normalized spacial score (nSPS) is 13.5. The molecule has 16 nitrogen and oxygen atoms in total. The number of nitrogens with zero attached hydrogens (tertiary/aromatic N) is 6. The number of amides is 4. The van der Waals surface area contributed by atoms with Crippen LogP contribution in [0.2, 0.25) is 0 Å². The molecule has 4 N–H and O–H groups in total. The topological polar surface area (TPSA) is 188 Å². The lowest BCUT2D eigenvalue weighted by atomic mass is 10.1. The van der Waals surface area contributed by atoms with Crippen molar-refractivity contribution in [1.29, 1.82) is 0 Å². The number of alkyl carbamates (subject to hydrolysis) is 1. The lowest BCUT2D eigenvalue weighted by molar-refractivity contribution is 0.0142. The summed E-state index contributed by atoms with van der Waals surface area (Å²) >= 11 is 0. The van der Waals surface area contributed by atoms with Gasteiger partial charge in [-0.15, -0.1) is 0 Å². The van der Waals surface area contributed by atoms with Crippen LogP contribution in [0.4, 0.5) is 15.5 Å². The number of imidazole rings is 1. The monoisotopic (exact) mass is 745 g/mol. The van der Waals surface area contributed by atoms with Crippen molar-refractivity contribution >= 4 is 41.0 Å². The molecule has 5 rings (SSSR count). The fourth-order valence-corrected chi connectivity index (χ4v) is 6.10. The van der Waals surface area contributed by atoms with Crippen molar-refractivity contribution < 1.29 is 33.4 Å². The maximum Gasteiger partial charge on any atom is 0.410 e. The highest BCUT2D eigenvalue weighted by Gasteiger charge is 2.26. The largest absolute Gasteiger partial charge is 0.491 e. The van der Waals surface area contributed by atoms with Crippen molar-refractivity contribution in [3.8, 4) is 5.75 Å². The molecule has 1 saturated heterocycles. The maximum atomic E-state index is 13.6. The highest BCUT2D eigenvalue weighted by molar-refractivity contribution is 6.05. The maximum absolute atomic E-state index is 13.6. The van der Waals surface area contributed by atoms with Crippen LogP contribution in [0, 0.1) is 0 Å². The van der Waals surface area contributed by atoms with E-state index in [0.29, 0.717) is 86.6 Å². The van der Waals surface area contributed by atoms with E-state index >= 15 is 0 Å². The predicted molar refractivity (Wildman–Crippen MR) is 202 cm³/mol. The van der Waals surface area contributed by atoms with E-state index in [1.165, 1.54) is 0 Å². The molecule has 2 aromatic carbocycles. The first-order chi connectivity index (χ1) is 25.8. The van der Waals surface area contributed by atoms with Crippen LogP contribution in [0.3, 0.4) is 0 Å². The third-order valence-electron chi connectivity index (χ3n) is 8.74. The Balaban J connectivity index is 1.29. The van der Waals surface area contributed by atoms with Gasteiger partial charge < -0.3 is 34.7 Å². The molecule has 1 aliphatic heterocycles. The van der Waals surface area contributed by atoms with Crippen LogP contribution in [0.1, 0.15) is 72.5 Å². The van der Waals surface area contributed by atoms with Gasteiger partial charge in [-0.1, -0.05) is 37.3 Å². The predicted octanol–water partition coefficient (Wildman–Crippen LogP) is 4.32. The van der Waals surface area contributed by atoms with E-state index in [-0.39, 0.29) is 36.7 Å². The molecule has 290 valence electrons. The number of fused-ring (bicyclic) bond motifs is 1. The summed E-state index contributed by atoms with van der Waals surface area (Å²) < 4.78 is 20.6. The van der Waals surface area contributed by atoms with Gasteiger partial charge in [0, 0.05) is 64.6 Å². The van der Waals surface area contributed by atoms with Crippen LogP contribution in [-0.4, -0.2) is 105 Å². The zero-order valence-electron chi connectivity index (χ0n) is 31.7. The van der Waals surface area contributed by atoms with Crippen molar-refractivity contribution in [2.75, 3.05) is 51.2 Å². The number of nitrogens with one attached hydrogen (secondary N) is 2. The van der Waals surface area contributed by atoms with Crippen molar-refractivity contribution in [3.05, 3.63) is 71.0 Å². The molecular formula is C38H51N9O7. The average Bonchev–Trinajstić information content (AvgIpc) is 3.70. The molecule has 2 aromatic heterocycles. The van der Waals surface area contributed by atoms with Gasteiger partial charge in [0.1, 0.15) is 23.5 Å². The number of aromatic nitrogens is 4. The van der Waals surface area contributed by atoms with Crippen LogP contribution < -0.4 is 21.1 Å². The van der Waals surface area contributed by atoms with Gasteiger partial charge >= 0.3 is 12.2 Å². The highest BCUT2D eigenvalue weighted by Crippen LogP contribution is 2.32. The molecule has 4 aromatic rings. The summed E-state index contributed by atoms with van der Waals surface area (Å²) in [4.78, 5) is 59.5. The lowest BCUT2D eigenvalue weighted by Crippen LogP contribution is -2.50. The van der Waals surface area contributed by atoms with Gasteiger partial charge in [0.15, 0.2) is 0 Å². The van der Waals surface area contributed by atoms with Gasteiger partial charge in [0.05, 0.1) is 23.4 Å². The van der Waals surface area contributed by atoms with Crippen molar-refractivity contribution in [1.82, 2.24) is 34.4 Å².